The fraction of sp³-hybridized carbons (Fsp3) is 0.200. The van der Waals surface area contributed by atoms with Crippen LogP contribution in [0.5, 0.6) is 0 Å². The molecule has 0 aromatic carbocycles. The first-order valence-electron chi connectivity index (χ1n) is 2.60. The van der Waals surface area contributed by atoms with Crippen molar-refractivity contribution in [3.8, 4) is 0 Å². The van der Waals surface area contributed by atoms with Gasteiger partial charge < -0.3 is 10.1 Å². The summed E-state index contributed by atoms with van der Waals surface area (Å²) >= 11 is 0. The zero-order valence-electron chi connectivity index (χ0n) is 4.94. The molecule has 4 nitrogen and oxygen atoms in total. The number of carbonyl (C=O) groups is 1. The van der Waals surface area contributed by atoms with E-state index in [4.69, 9.17) is 0 Å². The SMILES string of the molecule is O=CC1C=CNC1=S(=O)=O. The summed E-state index contributed by atoms with van der Waals surface area (Å²) in [4.78, 5) is 10.2. The van der Waals surface area contributed by atoms with Crippen molar-refractivity contribution >= 4 is 21.6 Å². The van der Waals surface area contributed by atoms with Crippen LogP contribution in [0.15, 0.2) is 12.3 Å². The Hall–Kier alpha value is -1.10. The molecule has 0 aliphatic carbocycles. The van der Waals surface area contributed by atoms with E-state index < -0.39 is 16.2 Å². The van der Waals surface area contributed by atoms with Crippen LogP contribution in [0, 0.1) is 5.92 Å². The molecule has 0 radical (unpaired) electrons. The lowest BCUT2D eigenvalue weighted by atomic mass is 10.2. The van der Waals surface area contributed by atoms with Gasteiger partial charge in [0, 0.05) is 0 Å². The number of rotatable bonds is 1. The molecule has 1 aliphatic heterocycles. The predicted octanol–water partition coefficient (Wildman–Crippen LogP) is -1.07. The van der Waals surface area contributed by atoms with Gasteiger partial charge in [-0.05, 0) is 6.20 Å². The Morgan fingerprint density at radius 3 is 2.70 bits per heavy atom. The average Bonchev–Trinajstić information content (AvgIpc) is 2.33. The molecule has 0 spiro atoms. The van der Waals surface area contributed by atoms with Crippen molar-refractivity contribution < 1.29 is 13.2 Å². The van der Waals surface area contributed by atoms with E-state index in [2.05, 4.69) is 5.32 Å². The lowest BCUT2D eigenvalue weighted by Crippen LogP contribution is -2.21. The first-order valence-corrected chi connectivity index (χ1v) is 3.68. The molecule has 1 aliphatic rings. The maximum absolute atomic E-state index is 10.3. The molecule has 1 atom stereocenters. The van der Waals surface area contributed by atoms with E-state index in [0.29, 0.717) is 6.29 Å². The molecule has 10 heavy (non-hydrogen) atoms. The van der Waals surface area contributed by atoms with Gasteiger partial charge in [-0.15, -0.1) is 0 Å². The summed E-state index contributed by atoms with van der Waals surface area (Å²) in [6, 6.07) is 0. The van der Waals surface area contributed by atoms with Gasteiger partial charge in [0.05, 0.1) is 5.92 Å². The van der Waals surface area contributed by atoms with E-state index in [1.165, 1.54) is 12.3 Å². The van der Waals surface area contributed by atoms with Crippen LogP contribution in [0.1, 0.15) is 0 Å². The standard InChI is InChI=1S/C5H5NO3S/c7-3-4-1-2-6-5(4)10(8)9/h1-4,6H. The molecular weight excluding hydrogens is 154 g/mol. The average molecular weight is 159 g/mol. The normalized spacial score (nSPS) is 22.4. The molecule has 1 N–H and O–H groups in total. The highest BCUT2D eigenvalue weighted by atomic mass is 32.2. The molecule has 0 saturated heterocycles. The third kappa shape index (κ3) is 1.08. The van der Waals surface area contributed by atoms with Gasteiger partial charge in [0.25, 0.3) is 0 Å². The second-order valence-electron chi connectivity index (χ2n) is 1.76. The molecule has 0 saturated carbocycles. The van der Waals surface area contributed by atoms with E-state index in [9.17, 15) is 13.2 Å². The van der Waals surface area contributed by atoms with Crippen LogP contribution < -0.4 is 5.32 Å². The van der Waals surface area contributed by atoms with Crippen LogP contribution >= 0.6 is 0 Å². The third-order valence-corrected chi connectivity index (χ3v) is 1.91. The Kier molecular flexibility index (Phi) is 1.86. The maximum atomic E-state index is 10.3. The van der Waals surface area contributed by atoms with Crippen LogP contribution in [-0.2, 0) is 15.1 Å². The first-order chi connectivity index (χ1) is 4.75. The van der Waals surface area contributed by atoms with E-state index in [1.807, 2.05) is 0 Å². The van der Waals surface area contributed by atoms with Crippen LogP contribution in [-0.4, -0.2) is 19.7 Å². The number of aldehydes is 1. The summed E-state index contributed by atoms with van der Waals surface area (Å²) in [5.41, 5.74) is 0. The van der Waals surface area contributed by atoms with Crippen LogP contribution in [0.3, 0.4) is 0 Å². The van der Waals surface area contributed by atoms with Crippen LogP contribution in [0.4, 0.5) is 0 Å². The molecule has 1 rings (SSSR count). The smallest absolute Gasteiger partial charge is 0.234 e. The summed E-state index contributed by atoms with van der Waals surface area (Å²) in [7, 11) is -2.31. The maximum Gasteiger partial charge on any atom is 0.234 e. The second-order valence-corrected chi connectivity index (χ2v) is 2.67. The molecule has 1 unspecified atom stereocenters. The molecule has 0 amide bonds. The molecule has 0 aromatic heterocycles. The summed E-state index contributed by atoms with van der Waals surface area (Å²) in [5.74, 6) is -0.613. The summed E-state index contributed by atoms with van der Waals surface area (Å²) in [6.07, 6.45) is 3.49. The second kappa shape index (κ2) is 2.66. The summed E-state index contributed by atoms with van der Waals surface area (Å²) in [5, 5.41) is 2.45. The summed E-state index contributed by atoms with van der Waals surface area (Å²) < 4.78 is 20.5. The van der Waals surface area contributed by atoms with Gasteiger partial charge >= 0.3 is 0 Å². The van der Waals surface area contributed by atoms with Crippen molar-refractivity contribution in [2.45, 2.75) is 0 Å². The Bertz CT molecular complexity index is 293. The Morgan fingerprint density at radius 1 is 1.60 bits per heavy atom. The topological polar surface area (TPSA) is 63.2 Å². The largest absolute Gasteiger partial charge is 0.352 e. The lowest BCUT2D eigenvalue weighted by molar-refractivity contribution is -0.108. The Balaban J connectivity index is 3.07. The van der Waals surface area contributed by atoms with Crippen molar-refractivity contribution in [3.63, 3.8) is 0 Å². The highest BCUT2D eigenvalue weighted by Crippen LogP contribution is 2.00. The van der Waals surface area contributed by atoms with E-state index in [0.717, 1.165) is 0 Å². The van der Waals surface area contributed by atoms with Gasteiger partial charge in [0.1, 0.15) is 6.29 Å². The lowest BCUT2D eigenvalue weighted by Gasteiger charge is -1.93. The van der Waals surface area contributed by atoms with Gasteiger partial charge in [-0.3, -0.25) is 0 Å². The van der Waals surface area contributed by atoms with E-state index >= 15 is 0 Å². The van der Waals surface area contributed by atoms with Crippen molar-refractivity contribution in [2.75, 3.05) is 0 Å². The minimum Gasteiger partial charge on any atom is -0.352 e. The van der Waals surface area contributed by atoms with Crippen LogP contribution in [0.25, 0.3) is 0 Å². The highest BCUT2D eigenvalue weighted by Gasteiger charge is 2.16. The predicted molar refractivity (Wildman–Crippen MR) is 35.8 cm³/mol. The van der Waals surface area contributed by atoms with Gasteiger partial charge in [0.2, 0.25) is 10.3 Å². The number of nitrogens with one attached hydrogen (secondary N) is 1. The van der Waals surface area contributed by atoms with E-state index in [-0.39, 0.29) is 4.99 Å². The molecule has 1 heterocycles. The molecule has 5 heteroatoms. The van der Waals surface area contributed by atoms with Gasteiger partial charge in [0.15, 0.2) is 4.99 Å². The third-order valence-electron chi connectivity index (χ3n) is 1.16. The molecular formula is C5H5NO3S. The van der Waals surface area contributed by atoms with E-state index in [1.54, 1.807) is 0 Å². The zero-order chi connectivity index (χ0) is 7.56. The molecule has 54 valence electrons. The van der Waals surface area contributed by atoms with Crippen molar-refractivity contribution in [1.29, 1.82) is 0 Å². The van der Waals surface area contributed by atoms with Crippen molar-refractivity contribution in [1.82, 2.24) is 5.32 Å². The molecule has 0 bridgehead atoms. The van der Waals surface area contributed by atoms with Gasteiger partial charge in [-0.25, -0.2) is 0 Å². The van der Waals surface area contributed by atoms with Crippen molar-refractivity contribution in [2.24, 2.45) is 5.92 Å². The summed E-state index contributed by atoms with van der Waals surface area (Å²) in [6.45, 7) is 0. The fourth-order valence-corrected chi connectivity index (χ4v) is 1.20. The van der Waals surface area contributed by atoms with Crippen molar-refractivity contribution in [3.05, 3.63) is 12.3 Å². The van der Waals surface area contributed by atoms with Gasteiger partial charge in [-0.1, -0.05) is 6.08 Å². The number of hydrogen-bond donors (Lipinski definition) is 1. The van der Waals surface area contributed by atoms with Crippen LogP contribution in [0.2, 0.25) is 0 Å². The number of hydrogen-bond acceptors (Lipinski definition) is 3. The highest BCUT2D eigenvalue weighted by molar-refractivity contribution is 7.73. The molecule has 0 aromatic rings. The molecule has 0 fully saturated rings. The number of carbonyl (C=O) groups excluding carboxylic acids is 1. The quantitative estimate of drug-likeness (QED) is 0.391. The minimum atomic E-state index is -2.31. The van der Waals surface area contributed by atoms with Gasteiger partial charge in [-0.2, -0.15) is 8.42 Å². The minimum absolute atomic E-state index is 0.0231. The monoisotopic (exact) mass is 159 g/mol. The fourth-order valence-electron chi connectivity index (χ4n) is 0.684. The first kappa shape index (κ1) is 7.01. The Labute approximate surface area is 59.1 Å². The zero-order valence-corrected chi connectivity index (χ0v) is 5.76. The Morgan fingerprint density at radius 2 is 2.30 bits per heavy atom.